The first-order valence-corrected chi connectivity index (χ1v) is 6.26. The van der Waals surface area contributed by atoms with Gasteiger partial charge in [-0.15, -0.1) is 0 Å². The third-order valence-corrected chi connectivity index (χ3v) is 3.28. The molecule has 0 bridgehead atoms. The monoisotopic (exact) mass is 285 g/mol. The van der Waals surface area contributed by atoms with Crippen LogP contribution in [0.2, 0.25) is 0 Å². The van der Waals surface area contributed by atoms with Gasteiger partial charge in [0.1, 0.15) is 5.82 Å². The number of nitrogens with one attached hydrogen (secondary N) is 1. The van der Waals surface area contributed by atoms with Crippen LogP contribution in [0.25, 0.3) is 0 Å². The van der Waals surface area contributed by atoms with E-state index in [1.54, 1.807) is 11.1 Å². The van der Waals surface area contributed by atoms with Crippen LogP contribution in [0.4, 0.5) is 26.5 Å². The minimum absolute atomic E-state index is 0.114. The Balaban J connectivity index is 2.03. The van der Waals surface area contributed by atoms with Crippen LogP contribution in [-0.2, 0) is 6.54 Å². The fourth-order valence-corrected chi connectivity index (χ4v) is 2.26. The number of urea groups is 1. The molecule has 0 spiro atoms. The molecule has 0 saturated heterocycles. The highest BCUT2D eigenvalue weighted by atomic mass is 19.2. The van der Waals surface area contributed by atoms with Gasteiger partial charge in [-0.1, -0.05) is 27.9 Å². The highest BCUT2D eigenvalue weighted by molar-refractivity contribution is 6.08. The molecule has 2 aromatic rings. The van der Waals surface area contributed by atoms with Gasteiger partial charge >= 0.3 is 6.03 Å². The number of aromatic nitrogens is 1. The first kappa shape index (κ1) is 13.0. The van der Waals surface area contributed by atoms with Crippen LogP contribution < -0.4 is 16.0 Å². The lowest BCUT2D eigenvalue weighted by Gasteiger charge is -2.30. The van der Waals surface area contributed by atoms with Crippen molar-refractivity contribution in [2.24, 2.45) is 5.21 Å². The predicted octanol–water partition coefficient (Wildman–Crippen LogP) is 2.52. The van der Waals surface area contributed by atoms with Crippen LogP contribution >= 0.6 is 0 Å². The number of amides is 2. The lowest BCUT2D eigenvalue weighted by molar-refractivity contribution is 0.256. The maximum Gasteiger partial charge on any atom is 0.326 e. The van der Waals surface area contributed by atoms with E-state index in [1.165, 1.54) is 0 Å². The highest BCUT2D eigenvalue weighted by Crippen LogP contribution is 2.31. The molecule has 1 aliphatic heterocycles. The maximum absolute atomic E-state index is 12.2. The van der Waals surface area contributed by atoms with Crippen LogP contribution in [0, 0.1) is 0 Å². The molecule has 21 heavy (non-hydrogen) atoms. The van der Waals surface area contributed by atoms with Gasteiger partial charge in [-0.3, -0.25) is 4.90 Å². The number of para-hydroxylation sites is 1. The average Bonchev–Trinajstić information content (AvgIpc) is 2.51. The molecule has 0 atom stereocenters. The molecule has 6 nitrogen and oxygen atoms in total. The minimum atomic E-state index is -0.312. The number of hydrogen-bond donors (Lipinski definition) is 2. The normalized spacial score (nSPS) is 14.1. The number of halogens is 1. The molecule has 2 amide bonds. The lowest BCUT2D eigenvalue weighted by Crippen LogP contribution is -2.39. The van der Waals surface area contributed by atoms with Crippen molar-refractivity contribution in [2.75, 3.05) is 16.0 Å². The molecule has 0 unspecified atom stereocenters. The summed E-state index contributed by atoms with van der Waals surface area (Å²) in [5.74, 6) is 0.114. The smallest absolute Gasteiger partial charge is 0.326 e. The van der Waals surface area contributed by atoms with Crippen LogP contribution in [0.5, 0.6) is 0 Å². The molecule has 0 fully saturated rings. The molecule has 1 aromatic heterocycles. The molecule has 0 aliphatic carbocycles. The van der Waals surface area contributed by atoms with Crippen LogP contribution in [0.3, 0.4) is 0 Å². The van der Waals surface area contributed by atoms with Crippen molar-refractivity contribution >= 4 is 29.4 Å². The zero-order chi connectivity index (χ0) is 14.8. The van der Waals surface area contributed by atoms with E-state index in [0.717, 1.165) is 17.5 Å². The Morgan fingerprint density at radius 2 is 2.14 bits per heavy atom. The quantitative estimate of drug-likeness (QED) is 0.831. The average molecular weight is 285 g/mol. The number of fused-ring (bicyclic) bond motifs is 1. The molecular formula is C14H12FN5O. The molecule has 1 aromatic carbocycles. The van der Waals surface area contributed by atoms with Crippen LogP contribution in [0.1, 0.15) is 11.1 Å². The second kappa shape index (κ2) is 5.20. The topological polar surface area (TPSA) is 83.6 Å². The highest BCUT2D eigenvalue weighted by Gasteiger charge is 2.26. The number of nitrogens with zero attached hydrogens (tertiary/aromatic N) is 3. The molecule has 3 N–H and O–H groups in total. The van der Waals surface area contributed by atoms with Crippen molar-refractivity contribution in [3.63, 3.8) is 0 Å². The largest absolute Gasteiger partial charge is 0.383 e. The van der Waals surface area contributed by atoms with Gasteiger partial charge in [-0.25, -0.2) is 9.78 Å². The van der Waals surface area contributed by atoms with Gasteiger partial charge in [-0.05, 0) is 12.1 Å². The minimum Gasteiger partial charge on any atom is -0.383 e. The van der Waals surface area contributed by atoms with Crippen LogP contribution in [0.15, 0.2) is 41.7 Å². The Hall–Kier alpha value is -2.96. The van der Waals surface area contributed by atoms with Gasteiger partial charge in [0.05, 0.1) is 24.0 Å². The third kappa shape index (κ3) is 2.29. The number of carbonyl (C=O) groups excluding carboxylic acids is 1. The summed E-state index contributed by atoms with van der Waals surface area (Å²) in [6.07, 6.45) is 2.51. The van der Waals surface area contributed by atoms with Gasteiger partial charge in [-0.2, -0.15) is 0 Å². The predicted molar refractivity (Wildman–Crippen MR) is 79.0 cm³/mol. The number of carbonyl (C=O) groups is 1. The second-order valence-electron chi connectivity index (χ2n) is 4.54. The number of hydrogen-bond acceptors (Lipinski definition) is 4. The first-order valence-electron chi connectivity index (χ1n) is 6.26. The second-order valence-corrected chi connectivity index (χ2v) is 4.54. The third-order valence-electron chi connectivity index (χ3n) is 3.28. The molecule has 2 heterocycles. The number of anilines is 3. The summed E-state index contributed by atoms with van der Waals surface area (Å²) < 4.78 is 12.2. The molecule has 0 radical (unpaired) electrons. The lowest BCUT2D eigenvalue weighted by atomic mass is 10.1. The van der Waals surface area contributed by atoms with E-state index in [2.05, 4.69) is 15.5 Å². The van der Waals surface area contributed by atoms with Crippen molar-refractivity contribution in [1.29, 1.82) is 0 Å². The number of pyridine rings is 1. The summed E-state index contributed by atoms with van der Waals surface area (Å²) in [5.41, 5.74) is 7.91. The van der Waals surface area contributed by atoms with Crippen molar-refractivity contribution in [2.45, 2.75) is 6.54 Å². The Labute approximate surface area is 120 Å². The summed E-state index contributed by atoms with van der Waals surface area (Å²) >= 11 is 0. The van der Waals surface area contributed by atoms with Gasteiger partial charge in [0, 0.05) is 17.4 Å². The van der Waals surface area contributed by atoms with Crippen molar-refractivity contribution < 1.29 is 9.28 Å². The van der Waals surface area contributed by atoms with E-state index >= 15 is 0 Å². The molecule has 7 heteroatoms. The SMILES string of the molecule is Nc1ncc2c(c1/C=N/F)NC(=O)N(c1ccccc1)C2. The van der Waals surface area contributed by atoms with Crippen molar-refractivity contribution in [3.05, 3.63) is 47.7 Å². The summed E-state index contributed by atoms with van der Waals surface area (Å²) in [4.78, 5) is 17.8. The van der Waals surface area contributed by atoms with Gasteiger partial charge in [0.25, 0.3) is 0 Å². The zero-order valence-electron chi connectivity index (χ0n) is 11.0. The first-order chi connectivity index (χ1) is 10.2. The fraction of sp³-hybridized carbons (Fsp3) is 0.0714. The Bertz CT molecular complexity index is 717. The number of nitrogen functional groups attached to an aromatic ring is 1. The van der Waals surface area contributed by atoms with Gasteiger partial charge in [0.2, 0.25) is 0 Å². The van der Waals surface area contributed by atoms with E-state index in [4.69, 9.17) is 5.73 Å². The van der Waals surface area contributed by atoms with E-state index < -0.39 is 0 Å². The maximum atomic E-state index is 12.2. The number of rotatable bonds is 2. The molecule has 0 saturated carbocycles. The summed E-state index contributed by atoms with van der Waals surface area (Å²) in [7, 11) is 0. The number of nitrogens with two attached hydrogens (primary N) is 1. The fourth-order valence-electron chi connectivity index (χ4n) is 2.26. The molecule has 3 rings (SSSR count). The summed E-state index contributed by atoms with van der Waals surface area (Å²) in [6, 6.07) is 8.92. The van der Waals surface area contributed by atoms with Crippen molar-refractivity contribution in [1.82, 2.24) is 4.98 Å². The van der Waals surface area contributed by atoms with E-state index in [9.17, 15) is 9.28 Å². The van der Waals surface area contributed by atoms with Crippen LogP contribution in [-0.4, -0.2) is 17.2 Å². The Kier molecular flexibility index (Phi) is 3.23. The number of benzene rings is 1. The van der Waals surface area contributed by atoms with Gasteiger partial charge in [0.15, 0.2) is 0 Å². The summed E-state index contributed by atoms with van der Waals surface area (Å²) in [5, 5.41) is 5.18. The molecule has 1 aliphatic rings. The Morgan fingerprint density at radius 1 is 1.38 bits per heavy atom. The zero-order valence-corrected chi connectivity index (χ0v) is 11.0. The molecular weight excluding hydrogens is 273 g/mol. The van der Waals surface area contributed by atoms with E-state index in [-0.39, 0.29) is 17.4 Å². The Morgan fingerprint density at radius 3 is 2.86 bits per heavy atom. The van der Waals surface area contributed by atoms with E-state index in [1.807, 2.05) is 30.3 Å². The summed E-state index contributed by atoms with van der Waals surface area (Å²) in [6.45, 7) is 0.325. The van der Waals surface area contributed by atoms with Gasteiger partial charge < -0.3 is 11.1 Å². The van der Waals surface area contributed by atoms with E-state index in [0.29, 0.717) is 12.2 Å². The molecule has 106 valence electrons. The van der Waals surface area contributed by atoms with Crippen molar-refractivity contribution in [3.8, 4) is 0 Å². The standard InChI is InChI=1S/C14H12FN5O/c15-18-7-11-12-9(6-17-13(11)16)8-20(14(21)19-12)10-4-2-1-3-5-10/h1-7H,8H2,(H2,16,17)(H,19,21)/b18-7+.